The lowest BCUT2D eigenvalue weighted by Gasteiger charge is -2.26. The molecular formula is C17H27N3O3S. The van der Waals surface area contributed by atoms with Crippen molar-refractivity contribution in [1.82, 2.24) is 9.62 Å². The van der Waals surface area contributed by atoms with Gasteiger partial charge in [-0.2, -0.15) is 4.31 Å². The lowest BCUT2D eigenvalue weighted by atomic mass is 9.99. The van der Waals surface area contributed by atoms with Crippen LogP contribution in [0.2, 0.25) is 0 Å². The third-order valence-corrected chi connectivity index (χ3v) is 6.60. The van der Waals surface area contributed by atoms with Crippen molar-refractivity contribution in [2.45, 2.75) is 57.0 Å². The number of benzene rings is 1. The minimum absolute atomic E-state index is 0.122. The van der Waals surface area contributed by atoms with Crippen LogP contribution < -0.4 is 10.6 Å². The summed E-state index contributed by atoms with van der Waals surface area (Å²) in [7, 11) is -1.96. The molecule has 134 valence electrons. The van der Waals surface area contributed by atoms with Crippen LogP contribution in [0, 0.1) is 5.92 Å². The molecule has 0 aromatic heterocycles. The van der Waals surface area contributed by atoms with Crippen molar-refractivity contribution in [1.29, 1.82) is 0 Å². The molecule has 0 aliphatic heterocycles. The number of nitrogens with zero attached hydrogens (tertiary/aromatic N) is 1. The summed E-state index contributed by atoms with van der Waals surface area (Å²) in [5, 5.41) is 5.72. The van der Waals surface area contributed by atoms with Gasteiger partial charge >= 0.3 is 6.03 Å². The molecule has 2 amide bonds. The molecule has 0 unspecified atom stereocenters. The molecule has 0 bridgehead atoms. The highest BCUT2D eigenvalue weighted by atomic mass is 32.2. The average molecular weight is 353 g/mol. The van der Waals surface area contributed by atoms with E-state index in [0.717, 1.165) is 12.8 Å². The van der Waals surface area contributed by atoms with Crippen LogP contribution in [0.5, 0.6) is 0 Å². The molecule has 0 atom stereocenters. The minimum atomic E-state index is -3.51. The third-order valence-electron chi connectivity index (χ3n) is 4.55. The summed E-state index contributed by atoms with van der Waals surface area (Å²) in [5.74, 6) is 0.530. The number of urea groups is 1. The molecule has 7 heteroatoms. The second-order valence-electron chi connectivity index (χ2n) is 7.21. The predicted molar refractivity (Wildman–Crippen MR) is 95.5 cm³/mol. The number of sulfonamides is 1. The van der Waals surface area contributed by atoms with E-state index in [4.69, 9.17) is 0 Å². The van der Waals surface area contributed by atoms with Crippen LogP contribution in [0.3, 0.4) is 0 Å². The maximum Gasteiger partial charge on any atom is 0.319 e. The first-order valence-electron chi connectivity index (χ1n) is 8.21. The van der Waals surface area contributed by atoms with E-state index in [2.05, 4.69) is 10.6 Å². The highest BCUT2D eigenvalue weighted by Crippen LogP contribution is 2.39. The summed E-state index contributed by atoms with van der Waals surface area (Å²) in [6.45, 7) is 7.67. The highest BCUT2D eigenvalue weighted by Gasteiger charge is 2.38. The fourth-order valence-corrected chi connectivity index (χ4v) is 3.88. The molecule has 0 spiro atoms. The smallest absolute Gasteiger partial charge is 0.319 e. The maximum atomic E-state index is 12.4. The molecule has 6 nitrogen and oxygen atoms in total. The molecule has 2 rings (SSSR count). The number of amides is 2. The Labute approximate surface area is 144 Å². The quantitative estimate of drug-likeness (QED) is 0.825. The fourth-order valence-electron chi connectivity index (χ4n) is 2.52. The Balaban J connectivity index is 2.03. The largest absolute Gasteiger partial charge is 0.333 e. The van der Waals surface area contributed by atoms with Crippen LogP contribution in [0.1, 0.15) is 40.5 Å². The zero-order valence-corrected chi connectivity index (χ0v) is 15.8. The van der Waals surface area contributed by atoms with Gasteiger partial charge < -0.3 is 10.6 Å². The van der Waals surface area contributed by atoms with Crippen LogP contribution >= 0.6 is 0 Å². The number of anilines is 1. The lowest BCUT2D eigenvalue weighted by Crippen LogP contribution is -2.47. The van der Waals surface area contributed by atoms with Gasteiger partial charge in [0.25, 0.3) is 0 Å². The molecule has 24 heavy (non-hydrogen) atoms. The van der Waals surface area contributed by atoms with E-state index in [0.29, 0.717) is 11.6 Å². The van der Waals surface area contributed by atoms with Crippen molar-refractivity contribution < 1.29 is 13.2 Å². The first-order valence-corrected chi connectivity index (χ1v) is 9.65. The lowest BCUT2D eigenvalue weighted by molar-refractivity contribution is 0.237. The summed E-state index contributed by atoms with van der Waals surface area (Å²) >= 11 is 0. The predicted octanol–water partition coefficient (Wildman–Crippen LogP) is 3.03. The second-order valence-corrected chi connectivity index (χ2v) is 9.21. The van der Waals surface area contributed by atoms with Crippen molar-refractivity contribution >= 4 is 21.7 Å². The molecule has 1 aromatic rings. The van der Waals surface area contributed by atoms with Crippen LogP contribution in [-0.2, 0) is 10.0 Å². The molecule has 1 fully saturated rings. The molecule has 0 saturated heterocycles. The van der Waals surface area contributed by atoms with Gasteiger partial charge in [0.2, 0.25) is 10.0 Å². The molecule has 1 aromatic carbocycles. The van der Waals surface area contributed by atoms with E-state index in [9.17, 15) is 13.2 Å². The third kappa shape index (κ3) is 4.27. The first kappa shape index (κ1) is 18.7. The first-order chi connectivity index (χ1) is 11.0. The average Bonchev–Trinajstić information content (AvgIpc) is 3.31. The van der Waals surface area contributed by atoms with Crippen molar-refractivity contribution in [3.05, 3.63) is 24.3 Å². The molecule has 0 heterocycles. The van der Waals surface area contributed by atoms with E-state index < -0.39 is 10.0 Å². The zero-order chi connectivity index (χ0) is 18.1. The number of carbonyl (C=O) groups is 1. The molecule has 1 aliphatic rings. The van der Waals surface area contributed by atoms with Gasteiger partial charge in [0, 0.05) is 24.3 Å². The van der Waals surface area contributed by atoms with Gasteiger partial charge in [0.05, 0.1) is 4.90 Å². The highest BCUT2D eigenvalue weighted by molar-refractivity contribution is 7.89. The van der Waals surface area contributed by atoms with Crippen molar-refractivity contribution in [3.8, 4) is 0 Å². The fraction of sp³-hybridized carbons (Fsp3) is 0.588. The van der Waals surface area contributed by atoms with E-state index >= 15 is 0 Å². The normalized spacial score (nSPS) is 15.6. The van der Waals surface area contributed by atoms with E-state index in [1.165, 1.54) is 16.4 Å². The maximum absolute atomic E-state index is 12.4. The molecule has 2 N–H and O–H groups in total. The van der Waals surface area contributed by atoms with Crippen molar-refractivity contribution in [2.75, 3.05) is 12.4 Å². The van der Waals surface area contributed by atoms with Gasteiger partial charge in [0.15, 0.2) is 0 Å². The second kappa shape index (κ2) is 6.72. The van der Waals surface area contributed by atoms with Crippen LogP contribution in [0.25, 0.3) is 0 Å². The van der Waals surface area contributed by atoms with E-state index in [-0.39, 0.29) is 22.5 Å². The number of hydrogen-bond donors (Lipinski definition) is 2. The van der Waals surface area contributed by atoms with Crippen LogP contribution in [0.4, 0.5) is 10.5 Å². The standard InChI is InChI=1S/C17H27N3O3S/c1-12(2)20(5)24(22,23)15-10-8-14(9-11-15)18-16(21)19-17(3,4)13-6-7-13/h8-13H,6-7H2,1-5H3,(H2,18,19,21). The summed E-state index contributed by atoms with van der Waals surface area (Å²) in [5.41, 5.74) is 0.332. The Morgan fingerprint density at radius 3 is 2.21 bits per heavy atom. The zero-order valence-electron chi connectivity index (χ0n) is 15.0. The van der Waals surface area contributed by atoms with Gasteiger partial charge in [-0.1, -0.05) is 0 Å². The van der Waals surface area contributed by atoms with Gasteiger partial charge in [-0.25, -0.2) is 13.2 Å². The number of carbonyl (C=O) groups excluding carboxylic acids is 1. The van der Waals surface area contributed by atoms with E-state index in [1.54, 1.807) is 19.2 Å². The summed E-state index contributed by atoms with van der Waals surface area (Å²) in [6, 6.07) is 5.83. The number of nitrogens with one attached hydrogen (secondary N) is 2. The van der Waals surface area contributed by atoms with Crippen LogP contribution in [-0.4, -0.2) is 37.4 Å². The Kier molecular flexibility index (Phi) is 5.25. The Bertz CT molecular complexity index is 692. The number of hydrogen-bond acceptors (Lipinski definition) is 3. The van der Waals surface area contributed by atoms with Gasteiger partial charge in [-0.3, -0.25) is 0 Å². The van der Waals surface area contributed by atoms with Gasteiger partial charge in [-0.15, -0.1) is 0 Å². The Morgan fingerprint density at radius 2 is 1.75 bits per heavy atom. The van der Waals surface area contributed by atoms with Gasteiger partial charge in [-0.05, 0) is 70.7 Å². The van der Waals surface area contributed by atoms with Crippen molar-refractivity contribution in [2.24, 2.45) is 5.92 Å². The topological polar surface area (TPSA) is 78.5 Å². The van der Waals surface area contributed by atoms with E-state index in [1.807, 2.05) is 27.7 Å². The SMILES string of the molecule is CC(C)N(C)S(=O)(=O)c1ccc(NC(=O)NC(C)(C)C2CC2)cc1. The molecule has 0 radical (unpaired) electrons. The Hall–Kier alpha value is -1.60. The van der Waals surface area contributed by atoms with Gasteiger partial charge in [0.1, 0.15) is 0 Å². The summed E-state index contributed by atoms with van der Waals surface area (Å²) in [6.07, 6.45) is 2.28. The number of rotatable bonds is 6. The monoisotopic (exact) mass is 353 g/mol. The molecule has 1 aliphatic carbocycles. The Morgan fingerprint density at radius 1 is 1.21 bits per heavy atom. The summed E-state index contributed by atoms with van der Waals surface area (Å²) in [4.78, 5) is 12.3. The molecule has 1 saturated carbocycles. The van der Waals surface area contributed by atoms with Crippen molar-refractivity contribution in [3.63, 3.8) is 0 Å². The summed E-state index contributed by atoms with van der Waals surface area (Å²) < 4.78 is 26.1. The minimum Gasteiger partial charge on any atom is -0.333 e. The molecular weight excluding hydrogens is 326 g/mol. The van der Waals surface area contributed by atoms with Crippen LogP contribution in [0.15, 0.2) is 29.2 Å².